The van der Waals surface area contributed by atoms with Gasteiger partial charge in [-0.1, -0.05) is 36.0 Å². The number of carbonyl (C=O) groups is 2. The molecule has 0 bridgehead atoms. The second-order valence-corrected chi connectivity index (χ2v) is 8.93. The number of nitrogens with one attached hydrogen (secondary N) is 1. The molecular weight excluding hydrogens is 470 g/mol. The average Bonchev–Trinajstić information content (AvgIpc) is 3.58. The van der Waals surface area contributed by atoms with Gasteiger partial charge in [-0.15, -0.1) is 0 Å². The molecular formula is C24H22N5O5S+. The Morgan fingerprint density at radius 3 is 2.77 bits per heavy atom. The van der Waals surface area contributed by atoms with Gasteiger partial charge in [0.05, 0.1) is 11.4 Å². The molecule has 2 aromatic carbocycles. The Hall–Kier alpha value is -4.12. The second kappa shape index (κ2) is 9.63. The quantitative estimate of drug-likeness (QED) is 0.415. The molecule has 2 amide bonds. The maximum absolute atomic E-state index is 13.3. The number of nitrogens with zero attached hydrogens (tertiary/aromatic N) is 4. The molecule has 0 saturated carbocycles. The first-order chi connectivity index (χ1) is 17.0. The summed E-state index contributed by atoms with van der Waals surface area (Å²) in [5, 5.41) is 6.93. The van der Waals surface area contributed by atoms with E-state index in [0.717, 1.165) is 17.3 Å². The smallest absolute Gasteiger partial charge is 0.302 e. The third-order valence-corrected chi connectivity index (χ3v) is 6.09. The first-order valence-corrected chi connectivity index (χ1v) is 11.9. The molecule has 3 aromatic rings. The molecule has 1 aromatic heterocycles. The minimum absolute atomic E-state index is 0.0229. The first-order valence-electron chi connectivity index (χ1n) is 10.9. The summed E-state index contributed by atoms with van der Waals surface area (Å²) in [6.07, 6.45) is 3.30. The van der Waals surface area contributed by atoms with Crippen molar-refractivity contribution >= 4 is 46.4 Å². The van der Waals surface area contributed by atoms with Gasteiger partial charge in [0.15, 0.2) is 22.7 Å². The summed E-state index contributed by atoms with van der Waals surface area (Å²) >= 11 is 1.15. The summed E-state index contributed by atoms with van der Waals surface area (Å²) in [5.74, 6) is 0.952. The van der Waals surface area contributed by atoms with Crippen LogP contribution in [0.5, 0.6) is 11.5 Å². The molecule has 0 saturated heterocycles. The highest BCUT2D eigenvalue weighted by atomic mass is 32.2. The van der Waals surface area contributed by atoms with Crippen molar-refractivity contribution in [2.45, 2.75) is 19.9 Å². The Morgan fingerprint density at radius 1 is 1.20 bits per heavy atom. The van der Waals surface area contributed by atoms with Crippen molar-refractivity contribution in [2.24, 2.45) is 4.99 Å². The van der Waals surface area contributed by atoms with Gasteiger partial charge in [0.25, 0.3) is 12.1 Å². The molecule has 0 aliphatic carbocycles. The van der Waals surface area contributed by atoms with E-state index in [1.54, 1.807) is 29.1 Å². The number of benzene rings is 2. The van der Waals surface area contributed by atoms with Gasteiger partial charge >= 0.3 is 5.88 Å². The number of hydrogen-bond donors (Lipinski definition) is 1. The van der Waals surface area contributed by atoms with Crippen molar-refractivity contribution < 1.29 is 28.3 Å². The van der Waals surface area contributed by atoms with Crippen LogP contribution in [-0.2, 0) is 9.59 Å². The van der Waals surface area contributed by atoms with Gasteiger partial charge in [-0.05, 0) is 54.4 Å². The van der Waals surface area contributed by atoms with Crippen LogP contribution < -0.4 is 24.4 Å². The molecule has 1 N–H and O–H groups in total. The SMILES string of the molecule is CC(C)[n+]1cc(NC(=O)CSC2=N/C(=C/c3ccc4c(c3)OCO4)C(=O)N2c2ccccc2)on1. The van der Waals surface area contributed by atoms with Crippen molar-refractivity contribution in [3.8, 4) is 11.5 Å². The lowest BCUT2D eigenvalue weighted by Gasteiger charge is -2.17. The van der Waals surface area contributed by atoms with E-state index in [4.69, 9.17) is 14.0 Å². The molecule has 11 heteroatoms. The van der Waals surface area contributed by atoms with Crippen LogP contribution in [0, 0.1) is 0 Å². The van der Waals surface area contributed by atoms with Crippen LogP contribution in [0.2, 0.25) is 0 Å². The fourth-order valence-electron chi connectivity index (χ4n) is 3.42. The Morgan fingerprint density at radius 2 is 2.00 bits per heavy atom. The van der Waals surface area contributed by atoms with Crippen molar-refractivity contribution in [2.75, 3.05) is 22.8 Å². The van der Waals surface area contributed by atoms with E-state index >= 15 is 0 Å². The lowest BCUT2D eigenvalue weighted by molar-refractivity contribution is -0.779. The van der Waals surface area contributed by atoms with Crippen LogP contribution in [0.3, 0.4) is 0 Å². The molecule has 0 unspecified atom stereocenters. The average molecular weight is 493 g/mol. The normalized spacial score (nSPS) is 15.7. The summed E-state index contributed by atoms with van der Waals surface area (Å²) in [5.41, 5.74) is 1.66. The summed E-state index contributed by atoms with van der Waals surface area (Å²) in [7, 11) is 0. The molecule has 5 rings (SSSR count). The predicted molar refractivity (Wildman–Crippen MR) is 130 cm³/mol. The number of amidine groups is 1. The Kier molecular flexibility index (Phi) is 6.23. The second-order valence-electron chi connectivity index (χ2n) is 7.99. The molecule has 2 aliphatic heterocycles. The van der Waals surface area contributed by atoms with E-state index in [1.807, 2.05) is 50.2 Å². The largest absolute Gasteiger partial charge is 0.454 e. The molecule has 10 nitrogen and oxygen atoms in total. The van der Waals surface area contributed by atoms with Gasteiger partial charge in [0.2, 0.25) is 18.0 Å². The lowest BCUT2D eigenvalue weighted by atomic mass is 10.1. The number of para-hydroxylation sites is 1. The molecule has 0 atom stereocenters. The predicted octanol–water partition coefficient (Wildman–Crippen LogP) is 3.39. The number of carbonyl (C=O) groups excluding carboxylic acids is 2. The highest BCUT2D eigenvalue weighted by Crippen LogP contribution is 2.34. The third kappa shape index (κ3) is 4.90. The molecule has 0 fully saturated rings. The first kappa shape index (κ1) is 22.7. The summed E-state index contributed by atoms with van der Waals surface area (Å²) in [6, 6.07) is 14.7. The summed E-state index contributed by atoms with van der Waals surface area (Å²) in [4.78, 5) is 31.9. The van der Waals surface area contributed by atoms with Crippen molar-refractivity contribution in [1.82, 2.24) is 5.27 Å². The van der Waals surface area contributed by atoms with Gasteiger partial charge in [-0.3, -0.25) is 24.3 Å². The zero-order valence-electron chi connectivity index (χ0n) is 19.0. The molecule has 35 heavy (non-hydrogen) atoms. The fourth-order valence-corrected chi connectivity index (χ4v) is 4.23. The maximum atomic E-state index is 13.3. The van der Waals surface area contributed by atoms with Gasteiger partial charge in [-0.25, -0.2) is 4.99 Å². The van der Waals surface area contributed by atoms with E-state index in [2.05, 4.69) is 15.6 Å². The Balaban J connectivity index is 1.35. The molecule has 2 aliphatic rings. The van der Waals surface area contributed by atoms with E-state index in [0.29, 0.717) is 22.4 Å². The van der Waals surface area contributed by atoms with Gasteiger partial charge in [0.1, 0.15) is 5.70 Å². The number of aromatic nitrogens is 2. The highest BCUT2D eigenvalue weighted by Gasteiger charge is 2.32. The minimum Gasteiger partial charge on any atom is -0.454 e. The van der Waals surface area contributed by atoms with Crippen molar-refractivity contribution in [3.63, 3.8) is 0 Å². The number of amides is 2. The number of anilines is 2. The Bertz CT molecular complexity index is 1340. The number of rotatable bonds is 6. The molecule has 0 radical (unpaired) electrons. The summed E-state index contributed by atoms with van der Waals surface area (Å²) < 4.78 is 17.5. The fraction of sp³-hybridized carbons (Fsp3) is 0.208. The van der Waals surface area contributed by atoms with Crippen molar-refractivity contribution in [1.29, 1.82) is 0 Å². The molecule has 178 valence electrons. The van der Waals surface area contributed by atoms with Crippen LogP contribution in [0.4, 0.5) is 11.6 Å². The number of aliphatic imine (C=N–C) groups is 1. The van der Waals surface area contributed by atoms with E-state index in [1.165, 1.54) is 4.90 Å². The third-order valence-electron chi connectivity index (χ3n) is 5.15. The highest BCUT2D eigenvalue weighted by molar-refractivity contribution is 8.14. The lowest BCUT2D eigenvalue weighted by Crippen LogP contribution is -2.37. The number of ether oxygens (including phenoxy) is 2. The maximum Gasteiger partial charge on any atom is 0.302 e. The standard InChI is InChI=1S/C24H21N5O5S/c1-15(2)28-12-22(34-27-28)26-21(30)13-35-24-25-18(23(31)29(24)17-6-4-3-5-7-17)10-16-8-9-19-20(11-16)33-14-32-19/h3-12,15H,13-14H2,1-2H3/p+1/b18-10+. The van der Waals surface area contributed by atoms with Crippen LogP contribution in [0.25, 0.3) is 6.08 Å². The minimum atomic E-state index is -0.307. The monoisotopic (exact) mass is 492 g/mol. The van der Waals surface area contributed by atoms with E-state index in [-0.39, 0.29) is 42.0 Å². The van der Waals surface area contributed by atoms with E-state index < -0.39 is 0 Å². The van der Waals surface area contributed by atoms with Gasteiger partial charge in [0, 0.05) is 0 Å². The van der Waals surface area contributed by atoms with Crippen LogP contribution in [0.1, 0.15) is 25.5 Å². The zero-order valence-corrected chi connectivity index (χ0v) is 19.8. The topological polar surface area (TPSA) is 110 Å². The Labute approximate surface area is 205 Å². The number of thioether (sulfide) groups is 1. The zero-order chi connectivity index (χ0) is 24.4. The number of fused-ring (bicyclic) bond motifs is 1. The van der Waals surface area contributed by atoms with Crippen LogP contribution in [-0.4, -0.2) is 34.8 Å². The van der Waals surface area contributed by atoms with Gasteiger partial charge < -0.3 is 9.47 Å². The van der Waals surface area contributed by atoms with Crippen molar-refractivity contribution in [3.05, 3.63) is 66.0 Å². The number of hydrogen-bond acceptors (Lipinski definition) is 8. The van der Waals surface area contributed by atoms with Gasteiger partial charge in [-0.2, -0.15) is 0 Å². The van der Waals surface area contributed by atoms with E-state index in [9.17, 15) is 9.59 Å². The van der Waals surface area contributed by atoms with Crippen LogP contribution >= 0.6 is 11.8 Å². The summed E-state index contributed by atoms with van der Waals surface area (Å²) in [6.45, 7) is 4.07. The van der Waals surface area contributed by atoms with Crippen LogP contribution in [0.15, 0.2) is 69.9 Å². The molecule has 0 spiro atoms. The molecule has 3 heterocycles.